The van der Waals surface area contributed by atoms with Crippen LogP contribution in [0.1, 0.15) is 17.0 Å². The Morgan fingerprint density at radius 2 is 2.20 bits per heavy atom. The molecular weight excluding hydrogens is 258 g/mol. The molecule has 1 aromatic carbocycles. The van der Waals surface area contributed by atoms with Crippen LogP contribution in [0, 0.1) is 6.92 Å². The molecule has 0 saturated carbocycles. The van der Waals surface area contributed by atoms with Crippen LogP contribution >= 0.6 is 15.9 Å². The topological polar surface area (TPSA) is 52.3 Å². The maximum atomic E-state index is 11.4. The van der Waals surface area contributed by atoms with E-state index in [1.165, 1.54) is 7.11 Å². The molecule has 82 valence electrons. The zero-order valence-corrected chi connectivity index (χ0v) is 10.4. The summed E-state index contributed by atoms with van der Waals surface area (Å²) in [5.41, 5.74) is 7.54. The van der Waals surface area contributed by atoms with Gasteiger partial charge in [-0.2, -0.15) is 0 Å². The highest BCUT2D eigenvalue weighted by Gasteiger charge is 2.19. The quantitative estimate of drug-likeness (QED) is 0.856. The maximum absolute atomic E-state index is 11.4. The average molecular weight is 272 g/mol. The molecule has 0 heterocycles. The summed E-state index contributed by atoms with van der Waals surface area (Å²) in [7, 11) is 1.37. The number of ether oxygens (including phenoxy) is 1. The molecule has 1 aromatic rings. The molecule has 15 heavy (non-hydrogen) atoms. The molecule has 0 fully saturated rings. The maximum Gasteiger partial charge on any atom is 0.314 e. The van der Waals surface area contributed by atoms with Gasteiger partial charge in [-0.25, -0.2) is 0 Å². The smallest absolute Gasteiger partial charge is 0.314 e. The molecule has 0 aliphatic rings. The normalized spacial score (nSPS) is 12.3. The Hall–Kier alpha value is -0.870. The van der Waals surface area contributed by atoms with E-state index in [9.17, 15) is 4.79 Å². The van der Waals surface area contributed by atoms with E-state index in [1.54, 1.807) is 0 Å². The molecule has 1 rings (SSSR count). The zero-order chi connectivity index (χ0) is 11.4. The van der Waals surface area contributed by atoms with E-state index >= 15 is 0 Å². The van der Waals surface area contributed by atoms with E-state index in [0.29, 0.717) is 0 Å². The first-order valence-corrected chi connectivity index (χ1v) is 5.42. The lowest BCUT2D eigenvalue weighted by Gasteiger charge is -2.13. The van der Waals surface area contributed by atoms with Crippen molar-refractivity contribution in [2.24, 2.45) is 5.73 Å². The van der Waals surface area contributed by atoms with Crippen molar-refractivity contribution in [3.8, 4) is 0 Å². The average Bonchev–Trinajstić information content (AvgIpc) is 2.17. The van der Waals surface area contributed by atoms with Gasteiger partial charge in [-0.3, -0.25) is 4.79 Å². The van der Waals surface area contributed by atoms with E-state index in [2.05, 4.69) is 15.9 Å². The first kappa shape index (κ1) is 12.2. The van der Waals surface area contributed by atoms with E-state index in [0.717, 1.165) is 15.6 Å². The van der Waals surface area contributed by atoms with Crippen LogP contribution in [0.5, 0.6) is 0 Å². The first-order valence-electron chi connectivity index (χ1n) is 4.63. The molecule has 1 atom stereocenters. The predicted molar refractivity (Wildman–Crippen MR) is 62.7 cm³/mol. The number of esters is 1. The lowest BCUT2D eigenvalue weighted by molar-refractivity contribution is -0.142. The summed E-state index contributed by atoms with van der Waals surface area (Å²) < 4.78 is 5.65. The van der Waals surface area contributed by atoms with Gasteiger partial charge in [-0.05, 0) is 30.2 Å². The van der Waals surface area contributed by atoms with Gasteiger partial charge in [0.25, 0.3) is 0 Å². The third-order valence-corrected chi connectivity index (χ3v) is 2.65. The van der Waals surface area contributed by atoms with Crippen LogP contribution in [0.25, 0.3) is 0 Å². The highest BCUT2D eigenvalue weighted by Crippen LogP contribution is 2.22. The molecular formula is C11H14BrNO2. The van der Waals surface area contributed by atoms with Gasteiger partial charge < -0.3 is 10.5 Å². The molecule has 0 aliphatic carbocycles. The Labute approximate surface area is 97.7 Å². The molecule has 0 bridgehead atoms. The van der Waals surface area contributed by atoms with Crippen molar-refractivity contribution in [3.05, 3.63) is 33.8 Å². The predicted octanol–water partition coefficient (Wildman–Crippen LogP) is 1.97. The summed E-state index contributed by atoms with van der Waals surface area (Å²) in [5.74, 6) is -0.679. The van der Waals surface area contributed by atoms with Crippen molar-refractivity contribution < 1.29 is 9.53 Å². The Morgan fingerprint density at radius 3 is 2.67 bits per heavy atom. The van der Waals surface area contributed by atoms with Crippen molar-refractivity contribution in [2.75, 3.05) is 13.7 Å². The van der Waals surface area contributed by atoms with Gasteiger partial charge in [0, 0.05) is 11.0 Å². The van der Waals surface area contributed by atoms with Gasteiger partial charge >= 0.3 is 5.97 Å². The minimum absolute atomic E-state index is 0.253. The summed E-state index contributed by atoms with van der Waals surface area (Å²) >= 11 is 3.39. The van der Waals surface area contributed by atoms with Crippen molar-refractivity contribution >= 4 is 21.9 Å². The Morgan fingerprint density at radius 1 is 1.53 bits per heavy atom. The van der Waals surface area contributed by atoms with Crippen molar-refractivity contribution in [2.45, 2.75) is 12.8 Å². The third kappa shape index (κ3) is 3.04. The fourth-order valence-corrected chi connectivity index (χ4v) is 2.10. The molecule has 1 unspecified atom stereocenters. The van der Waals surface area contributed by atoms with Gasteiger partial charge in [0.1, 0.15) is 0 Å². The van der Waals surface area contributed by atoms with Gasteiger partial charge in [-0.1, -0.05) is 22.0 Å². The van der Waals surface area contributed by atoms with Crippen LogP contribution in [0.3, 0.4) is 0 Å². The number of methoxy groups -OCH3 is 1. The minimum atomic E-state index is -0.383. The van der Waals surface area contributed by atoms with E-state index in [4.69, 9.17) is 10.5 Å². The molecule has 3 nitrogen and oxygen atoms in total. The van der Waals surface area contributed by atoms with Gasteiger partial charge in [0.2, 0.25) is 0 Å². The van der Waals surface area contributed by atoms with Crippen molar-refractivity contribution in [3.63, 3.8) is 0 Å². The van der Waals surface area contributed by atoms with Crippen LogP contribution in [0.2, 0.25) is 0 Å². The fourth-order valence-electron chi connectivity index (χ4n) is 1.48. The second kappa shape index (κ2) is 5.28. The number of aryl methyl sites for hydroxylation is 1. The molecule has 0 radical (unpaired) electrons. The summed E-state index contributed by atoms with van der Waals surface area (Å²) in [6.45, 7) is 2.22. The summed E-state index contributed by atoms with van der Waals surface area (Å²) in [6.07, 6.45) is 0. The number of benzene rings is 1. The monoisotopic (exact) mass is 271 g/mol. The summed E-state index contributed by atoms with van der Waals surface area (Å²) in [6, 6.07) is 5.81. The SMILES string of the molecule is COC(=O)C(CN)c1cc(C)cc(Br)c1. The number of hydrogen-bond acceptors (Lipinski definition) is 3. The Balaban J connectivity index is 3.06. The van der Waals surface area contributed by atoms with Gasteiger partial charge in [-0.15, -0.1) is 0 Å². The largest absolute Gasteiger partial charge is 0.469 e. The van der Waals surface area contributed by atoms with Crippen LogP contribution in [0.4, 0.5) is 0 Å². The molecule has 0 amide bonds. The highest BCUT2D eigenvalue weighted by molar-refractivity contribution is 9.10. The van der Waals surface area contributed by atoms with Crippen molar-refractivity contribution in [1.29, 1.82) is 0 Å². The number of rotatable bonds is 3. The third-order valence-electron chi connectivity index (χ3n) is 2.19. The van der Waals surface area contributed by atoms with Crippen molar-refractivity contribution in [1.82, 2.24) is 0 Å². The van der Waals surface area contributed by atoms with Gasteiger partial charge in [0.05, 0.1) is 13.0 Å². The van der Waals surface area contributed by atoms with Crippen LogP contribution in [-0.4, -0.2) is 19.6 Å². The molecule has 0 saturated heterocycles. The van der Waals surface area contributed by atoms with Crippen LogP contribution in [0.15, 0.2) is 22.7 Å². The summed E-state index contributed by atoms with van der Waals surface area (Å²) in [5, 5.41) is 0. The number of carbonyl (C=O) groups is 1. The fraction of sp³-hybridized carbons (Fsp3) is 0.364. The molecule has 2 N–H and O–H groups in total. The first-order chi connectivity index (χ1) is 7.08. The lowest BCUT2D eigenvalue weighted by atomic mass is 9.98. The number of halogens is 1. The molecule has 0 aromatic heterocycles. The molecule has 0 aliphatic heterocycles. The van der Waals surface area contributed by atoms with E-state index in [1.807, 2.05) is 25.1 Å². The number of hydrogen-bond donors (Lipinski definition) is 1. The standard InChI is InChI=1S/C11H14BrNO2/c1-7-3-8(5-9(12)4-7)10(6-13)11(14)15-2/h3-5,10H,6,13H2,1-2H3. The van der Waals surface area contributed by atoms with E-state index < -0.39 is 0 Å². The lowest BCUT2D eigenvalue weighted by Crippen LogP contribution is -2.22. The second-order valence-electron chi connectivity index (χ2n) is 3.37. The number of nitrogens with two attached hydrogens (primary N) is 1. The second-order valence-corrected chi connectivity index (χ2v) is 4.29. The Bertz CT molecular complexity index is 345. The van der Waals surface area contributed by atoms with Crippen LogP contribution < -0.4 is 5.73 Å². The molecule has 0 spiro atoms. The Kier molecular flexibility index (Phi) is 4.29. The van der Waals surface area contributed by atoms with E-state index in [-0.39, 0.29) is 18.4 Å². The van der Waals surface area contributed by atoms with Gasteiger partial charge in [0.15, 0.2) is 0 Å². The minimum Gasteiger partial charge on any atom is -0.469 e. The van der Waals surface area contributed by atoms with Crippen LogP contribution in [-0.2, 0) is 9.53 Å². The molecule has 4 heteroatoms. The number of carbonyl (C=O) groups excluding carboxylic acids is 1. The zero-order valence-electron chi connectivity index (χ0n) is 8.79. The highest BCUT2D eigenvalue weighted by atomic mass is 79.9. The summed E-state index contributed by atoms with van der Waals surface area (Å²) in [4.78, 5) is 11.4.